The van der Waals surface area contributed by atoms with Crippen molar-refractivity contribution in [3.8, 4) is 0 Å². The Hall–Kier alpha value is -2.46. The Labute approximate surface area is 389 Å². The Balaban J connectivity index is 0. The summed E-state index contributed by atoms with van der Waals surface area (Å²) in [6.07, 6.45) is 2.50. The van der Waals surface area contributed by atoms with Crippen LogP contribution in [-0.2, 0) is 28.8 Å². The molecule has 0 aromatic heterocycles. The summed E-state index contributed by atoms with van der Waals surface area (Å²) < 4.78 is 0. The van der Waals surface area contributed by atoms with Gasteiger partial charge in [0.05, 0.1) is 24.2 Å². The van der Waals surface area contributed by atoms with Gasteiger partial charge < -0.3 is 9.80 Å². The van der Waals surface area contributed by atoms with Crippen molar-refractivity contribution in [1.29, 1.82) is 0 Å². The summed E-state index contributed by atoms with van der Waals surface area (Å²) in [4.78, 5) is 87.4. The van der Waals surface area contributed by atoms with Gasteiger partial charge in [0.1, 0.15) is 0 Å². The van der Waals surface area contributed by atoms with Gasteiger partial charge in [-0.3, -0.25) is 38.6 Å². The first-order valence-electron chi connectivity index (χ1n) is 24.8. The Morgan fingerprint density at radius 1 is 0.381 bits per heavy atom. The summed E-state index contributed by atoms with van der Waals surface area (Å²) in [6.45, 7) is 42.9. The molecule has 0 bridgehead atoms. The van der Waals surface area contributed by atoms with Gasteiger partial charge in [0.25, 0.3) is 0 Å². The van der Waals surface area contributed by atoms with Gasteiger partial charge in [-0.2, -0.15) is 0 Å². The molecule has 0 spiro atoms. The number of nitrogens with zero attached hydrogens (tertiary/aromatic N) is 4. The first-order valence-corrected chi connectivity index (χ1v) is 24.8. The van der Waals surface area contributed by atoms with E-state index in [1.165, 1.54) is 0 Å². The van der Waals surface area contributed by atoms with E-state index in [-0.39, 0.29) is 102 Å². The van der Waals surface area contributed by atoms with Gasteiger partial charge in [-0.1, -0.05) is 118 Å². The van der Waals surface area contributed by atoms with E-state index < -0.39 is 23.9 Å². The SMILES string of the molecule is CC(C)C[C@@H](C(=O)C(C)C)N(C)C(=O)[C@@H](CC(=O)[C@H](CC(C)C)N(C)C(C)C)C(C)C.CC(C)C[C@@H](C(=O)C(C)C)N(C)C(=O)[C@@H](CC(=O)[C@H]([C@@H](C)C(C)C)N(C)C(C)C)C(C)C. The summed E-state index contributed by atoms with van der Waals surface area (Å²) in [5.74, 6) is 0.740. The molecule has 0 N–H and O–H groups in total. The van der Waals surface area contributed by atoms with E-state index in [0.717, 1.165) is 6.42 Å². The number of amides is 2. The second kappa shape index (κ2) is 29.2. The van der Waals surface area contributed by atoms with E-state index in [4.69, 9.17) is 0 Å². The monoisotopic (exact) mass is 891 g/mol. The Morgan fingerprint density at radius 2 is 0.683 bits per heavy atom. The van der Waals surface area contributed by atoms with Gasteiger partial charge in [-0.15, -0.1) is 0 Å². The third-order valence-electron chi connectivity index (χ3n) is 13.4. The average Bonchev–Trinajstić information content (AvgIpc) is 3.16. The van der Waals surface area contributed by atoms with Gasteiger partial charge >= 0.3 is 0 Å². The van der Waals surface area contributed by atoms with Crippen LogP contribution in [0.1, 0.15) is 178 Å². The predicted molar refractivity (Wildman–Crippen MR) is 264 cm³/mol. The highest BCUT2D eigenvalue weighted by atomic mass is 16.2. The van der Waals surface area contributed by atoms with E-state index in [0.29, 0.717) is 36.5 Å². The van der Waals surface area contributed by atoms with Crippen molar-refractivity contribution < 1.29 is 28.8 Å². The van der Waals surface area contributed by atoms with Crippen LogP contribution < -0.4 is 0 Å². The molecule has 0 unspecified atom stereocenters. The van der Waals surface area contributed by atoms with E-state index in [9.17, 15) is 28.8 Å². The number of likely N-dealkylation sites (N-methyl/N-ethyl adjacent to an activating group) is 4. The van der Waals surface area contributed by atoms with Gasteiger partial charge in [0, 0.05) is 62.7 Å². The Kier molecular flexibility index (Phi) is 29.1. The van der Waals surface area contributed by atoms with Crippen LogP contribution in [0.25, 0.3) is 0 Å². The molecule has 0 aromatic rings. The van der Waals surface area contributed by atoms with Crippen molar-refractivity contribution in [3.63, 3.8) is 0 Å². The molecule has 0 saturated carbocycles. The summed E-state index contributed by atoms with van der Waals surface area (Å²) >= 11 is 0. The lowest BCUT2D eigenvalue weighted by Gasteiger charge is -2.38. The summed E-state index contributed by atoms with van der Waals surface area (Å²) in [5, 5.41) is 0. The van der Waals surface area contributed by atoms with Gasteiger partial charge in [0.2, 0.25) is 11.8 Å². The molecule has 370 valence electrons. The molecule has 0 rings (SSSR count). The van der Waals surface area contributed by atoms with Crippen molar-refractivity contribution in [2.24, 2.45) is 65.1 Å². The van der Waals surface area contributed by atoms with Crippen LogP contribution >= 0.6 is 0 Å². The lowest BCUT2D eigenvalue weighted by molar-refractivity contribution is -0.146. The summed E-state index contributed by atoms with van der Waals surface area (Å²) in [6, 6.07) is -0.805. The zero-order valence-corrected chi connectivity index (χ0v) is 45.6. The topological polar surface area (TPSA) is 115 Å². The Bertz CT molecular complexity index is 1390. The zero-order valence-electron chi connectivity index (χ0n) is 45.6. The molecule has 2 amide bonds. The van der Waals surface area contributed by atoms with Crippen molar-refractivity contribution in [3.05, 3.63) is 0 Å². The molecule has 0 aliphatic rings. The third-order valence-corrected chi connectivity index (χ3v) is 13.4. The third kappa shape index (κ3) is 20.7. The fourth-order valence-electron chi connectivity index (χ4n) is 8.24. The molecule has 0 saturated heterocycles. The fourth-order valence-corrected chi connectivity index (χ4v) is 8.24. The number of rotatable bonds is 28. The van der Waals surface area contributed by atoms with E-state index >= 15 is 0 Å². The van der Waals surface area contributed by atoms with Crippen LogP contribution in [0.4, 0.5) is 0 Å². The van der Waals surface area contributed by atoms with Crippen LogP contribution in [0, 0.1) is 65.1 Å². The number of carbonyl (C=O) groups excluding carboxylic acids is 6. The highest BCUT2D eigenvalue weighted by molar-refractivity contribution is 5.94. The Morgan fingerprint density at radius 3 is 0.937 bits per heavy atom. The maximum absolute atomic E-state index is 13.6. The van der Waals surface area contributed by atoms with Crippen LogP contribution in [-0.4, -0.2) is 119 Å². The number of ketones is 4. The van der Waals surface area contributed by atoms with Gasteiger partial charge in [0.15, 0.2) is 23.1 Å². The smallest absolute Gasteiger partial charge is 0.226 e. The first kappa shape index (κ1) is 62.6. The molecule has 63 heavy (non-hydrogen) atoms. The number of hydrogen-bond donors (Lipinski definition) is 0. The van der Waals surface area contributed by atoms with Crippen molar-refractivity contribution >= 4 is 34.9 Å². The first-order chi connectivity index (χ1) is 28.6. The molecular formula is C53H102N4O6. The average molecular weight is 891 g/mol. The maximum Gasteiger partial charge on any atom is 0.226 e. The minimum atomic E-state index is -0.442. The van der Waals surface area contributed by atoms with Crippen molar-refractivity contribution in [1.82, 2.24) is 19.6 Å². The van der Waals surface area contributed by atoms with E-state index in [1.54, 1.807) is 23.9 Å². The fraction of sp³-hybridized carbons (Fsp3) is 0.887. The normalized spacial score (nSPS) is 15.8. The van der Waals surface area contributed by atoms with E-state index in [1.807, 2.05) is 69.5 Å². The van der Waals surface area contributed by atoms with Crippen LogP contribution in [0.3, 0.4) is 0 Å². The second-order valence-electron chi connectivity index (χ2n) is 22.6. The molecular weight excluding hydrogens is 789 g/mol. The largest absolute Gasteiger partial charge is 0.335 e. The van der Waals surface area contributed by atoms with Crippen LogP contribution in [0.5, 0.6) is 0 Å². The maximum atomic E-state index is 13.6. The molecule has 10 heteroatoms. The lowest BCUT2D eigenvalue weighted by Crippen LogP contribution is -2.51. The quantitative estimate of drug-likeness (QED) is 0.0763. The number of carbonyl (C=O) groups is 6. The van der Waals surface area contributed by atoms with Gasteiger partial charge in [-0.25, -0.2) is 0 Å². The molecule has 0 radical (unpaired) electrons. The summed E-state index contributed by atoms with van der Waals surface area (Å²) in [7, 11) is 7.48. The minimum Gasteiger partial charge on any atom is -0.335 e. The van der Waals surface area contributed by atoms with Crippen molar-refractivity contribution in [2.45, 2.75) is 214 Å². The molecule has 0 aromatic carbocycles. The minimum absolute atomic E-state index is 0.0158. The lowest BCUT2D eigenvalue weighted by atomic mass is 9.80. The standard InChI is InChI=1S/C27H52N2O3.C26H50N2O3/c1-16(2)14-23(26(31)19(7)8)29(13)27(32)22(18(5)6)15-24(30)25(21(11)17(3)4)28(12)20(9)10;1-16(2)13-22(27(11)20(9)10)24(29)15-21(18(5)6)26(31)28(12)23(14-17(3)4)25(30)19(7)8/h16-23,25H,14-15H2,1-13H3;16-23H,13-15H2,1-12H3/t21-,22-,23-,25-;21-,22-,23-/m00/s1. The predicted octanol–water partition coefficient (Wildman–Crippen LogP) is 10.4. The second-order valence-corrected chi connectivity index (χ2v) is 22.6. The molecule has 0 aliphatic heterocycles. The number of Topliss-reactive ketones (excluding diaryl/α,β-unsaturated/α-hetero) is 4. The highest BCUT2D eigenvalue weighted by Crippen LogP contribution is 2.29. The van der Waals surface area contributed by atoms with Crippen LogP contribution in [0.15, 0.2) is 0 Å². The molecule has 0 heterocycles. The molecule has 7 atom stereocenters. The molecule has 0 fully saturated rings. The molecule has 10 nitrogen and oxygen atoms in total. The highest BCUT2D eigenvalue weighted by Gasteiger charge is 2.40. The van der Waals surface area contributed by atoms with E-state index in [2.05, 4.69) is 99.8 Å². The van der Waals surface area contributed by atoms with Crippen molar-refractivity contribution in [2.75, 3.05) is 28.2 Å². The van der Waals surface area contributed by atoms with Crippen LogP contribution in [0.2, 0.25) is 0 Å². The molecule has 0 aliphatic carbocycles. The zero-order chi connectivity index (χ0) is 50.1. The number of hydrogen-bond acceptors (Lipinski definition) is 8. The summed E-state index contributed by atoms with van der Waals surface area (Å²) in [5.41, 5.74) is 0. The van der Waals surface area contributed by atoms with Gasteiger partial charge in [-0.05, 0) is 102 Å².